The third-order valence-corrected chi connectivity index (χ3v) is 5.69. The molecule has 0 saturated carbocycles. The summed E-state index contributed by atoms with van der Waals surface area (Å²) >= 11 is 12.1. The van der Waals surface area contributed by atoms with Crippen LogP contribution in [0.1, 0.15) is 15.9 Å². The number of hydrogen-bond acceptors (Lipinski definition) is 6. The second kappa shape index (κ2) is 9.82. The SMILES string of the molecule is COc1cc(/C=N\NC(=O)c2cccc(Cl)c2)cc(Cl)c1OS(=O)(=O)c1ccccc1. The van der Waals surface area contributed by atoms with Crippen LogP contribution in [0.15, 0.2) is 76.7 Å². The number of nitrogens with one attached hydrogen (secondary N) is 1. The van der Waals surface area contributed by atoms with Crippen LogP contribution in [0.5, 0.6) is 11.5 Å². The summed E-state index contributed by atoms with van der Waals surface area (Å²) in [5.41, 5.74) is 3.15. The van der Waals surface area contributed by atoms with E-state index in [0.717, 1.165) is 0 Å². The zero-order chi connectivity index (χ0) is 22.4. The number of amides is 1. The van der Waals surface area contributed by atoms with Gasteiger partial charge in [-0.25, -0.2) is 5.43 Å². The van der Waals surface area contributed by atoms with Crippen LogP contribution in [0.4, 0.5) is 0 Å². The molecule has 0 aromatic heterocycles. The first-order valence-electron chi connectivity index (χ1n) is 8.76. The monoisotopic (exact) mass is 478 g/mol. The molecule has 0 heterocycles. The van der Waals surface area contributed by atoms with Crippen LogP contribution in [-0.4, -0.2) is 27.6 Å². The lowest BCUT2D eigenvalue weighted by molar-refractivity contribution is 0.0955. The van der Waals surface area contributed by atoms with E-state index in [1.807, 2.05) is 0 Å². The average molecular weight is 479 g/mol. The Morgan fingerprint density at radius 3 is 2.45 bits per heavy atom. The number of methoxy groups -OCH3 is 1. The first kappa shape index (κ1) is 22.6. The Hall–Kier alpha value is -3.07. The molecule has 0 radical (unpaired) electrons. The van der Waals surface area contributed by atoms with Gasteiger partial charge in [0, 0.05) is 10.6 Å². The van der Waals surface area contributed by atoms with Gasteiger partial charge in [0.25, 0.3) is 5.91 Å². The Morgan fingerprint density at radius 1 is 1.03 bits per heavy atom. The van der Waals surface area contributed by atoms with Crippen molar-refractivity contribution in [2.75, 3.05) is 7.11 Å². The van der Waals surface area contributed by atoms with Gasteiger partial charge in [-0.1, -0.05) is 47.5 Å². The summed E-state index contributed by atoms with van der Waals surface area (Å²) in [5.74, 6) is -0.534. The van der Waals surface area contributed by atoms with Gasteiger partial charge < -0.3 is 8.92 Å². The average Bonchev–Trinajstić information content (AvgIpc) is 2.76. The van der Waals surface area contributed by atoms with E-state index < -0.39 is 16.0 Å². The minimum atomic E-state index is -4.11. The van der Waals surface area contributed by atoms with Crippen molar-refractivity contribution in [1.29, 1.82) is 0 Å². The Labute approximate surface area is 189 Å². The predicted molar refractivity (Wildman–Crippen MR) is 119 cm³/mol. The molecule has 0 spiro atoms. The van der Waals surface area contributed by atoms with Crippen LogP contribution < -0.4 is 14.3 Å². The normalized spacial score (nSPS) is 11.3. The zero-order valence-electron chi connectivity index (χ0n) is 16.1. The first-order chi connectivity index (χ1) is 14.8. The number of carbonyl (C=O) groups is 1. The lowest BCUT2D eigenvalue weighted by atomic mass is 10.2. The Kier molecular flexibility index (Phi) is 7.17. The smallest absolute Gasteiger partial charge is 0.339 e. The van der Waals surface area contributed by atoms with E-state index >= 15 is 0 Å². The highest BCUT2D eigenvalue weighted by Gasteiger charge is 2.21. The summed E-state index contributed by atoms with van der Waals surface area (Å²) in [4.78, 5) is 12.1. The third kappa shape index (κ3) is 5.75. The number of hydrogen-bond donors (Lipinski definition) is 1. The third-order valence-electron chi connectivity index (χ3n) is 3.94. The molecule has 0 aliphatic rings. The summed E-state index contributed by atoms with van der Waals surface area (Å²) in [6, 6.07) is 16.9. The second-order valence-electron chi connectivity index (χ2n) is 6.09. The van der Waals surface area contributed by atoms with Crippen LogP contribution in [0.25, 0.3) is 0 Å². The van der Waals surface area contributed by atoms with Crippen molar-refractivity contribution < 1.29 is 22.1 Å². The van der Waals surface area contributed by atoms with Crippen LogP contribution in [0.3, 0.4) is 0 Å². The van der Waals surface area contributed by atoms with Crippen molar-refractivity contribution in [3.63, 3.8) is 0 Å². The highest BCUT2D eigenvalue weighted by molar-refractivity contribution is 7.87. The predicted octanol–water partition coefficient (Wildman–Crippen LogP) is 4.53. The first-order valence-corrected chi connectivity index (χ1v) is 10.9. The van der Waals surface area contributed by atoms with E-state index in [1.54, 1.807) is 36.4 Å². The van der Waals surface area contributed by atoms with Crippen molar-refractivity contribution in [1.82, 2.24) is 5.43 Å². The van der Waals surface area contributed by atoms with Crippen LogP contribution in [-0.2, 0) is 10.1 Å². The molecule has 0 bridgehead atoms. The van der Waals surface area contributed by atoms with E-state index in [1.165, 1.54) is 43.7 Å². The topological polar surface area (TPSA) is 94.1 Å². The van der Waals surface area contributed by atoms with Crippen molar-refractivity contribution in [2.24, 2.45) is 5.10 Å². The number of ether oxygens (including phenoxy) is 1. The maximum absolute atomic E-state index is 12.5. The molecule has 160 valence electrons. The number of nitrogens with zero attached hydrogens (tertiary/aromatic N) is 1. The van der Waals surface area contributed by atoms with Crippen molar-refractivity contribution in [2.45, 2.75) is 4.90 Å². The molecule has 0 saturated heterocycles. The minimum Gasteiger partial charge on any atom is -0.493 e. The maximum Gasteiger partial charge on any atom is 0.339 e. The second-order valence-corrected chi connectivity index (χ2v) is 8.48. The molecule has 0 unspecified atom stereocenters. The lowest BCUT2D eigenvalue weighted by Gasteiger charge is -2.13. The summed E-state index contributed by atoms with van der Waals surface area (Å²) in [6.45, 7) is 0. The van der Waals surface area contributed by atoms with Crippen molar-refractivity contribution in [3.8, 4) is 11.5 Å². The fraction of sp³-hybridized carbons (Fsp3) is 0.0476. The minimum absolute atomic E-state index is 0.0125. The molecular weight excluding hydrogens is 463 g/mol. The molecule has 0 aliphatic carbocycles. The van der Waals surface area contributed by atoms with Crippen molar-refractivity contribution in [3.05, 3.63) is 87.9 Å². The maximum atomic E-state index is 12.5. The number of halogens is 2. The molecule has 10 heteroatoms. The Bertz CT molecular complexity index is 1230. The number of benzene rings is 3. The van der Waals surface area contributed by atoms with E-state index in [4.69, 9.17) is 32.1 Å². The largest absolute Gasteiger partial charge is 0.493 e. The van der Waals surface area contributed by atoms with Gasteiger partial charge in [0.15, 0.2) is 5.75 Å². The number of carbonyl (C=O) groups excluding carboxylic acids is 1. The quantitative estimate of drug-likeness (QED) is 0.305. The molecule has 1 amide bonds. The molecule has 1 N–H and O–H groups in total. The molecule has 3 aromatic rings. The zero-order valence-corrected chi connectivity index (χ0v) is 18.4. The summed E-state index contributed by atoms with van der Waals surface area (Å²) < 4.78 is 35.4. The van der Waals surface area contributed by atoms with E-state index in [0.29, 0.717) is 16.1 Å². The number of hydrazone groups is 1. The van der Waals surface area contributed by atoms with Gasteiger partial charge >= 0.3 is 10.1 Å². The van der Waals surface area contributed by atoms with Crippen LogP contribution >= 0.6 is 23.2 Å². The molecule has 0 aliphatic heterocycles. The van der Waals surface area contributed by atoms with Gasteiger partial charge in [0.05, 0.1) is 18.3 Å². The molecule has 31 heavy (non-hydrogen) atoms. The summed E-state index contributed by atoms with van der Waals surface area (Å²) in [7, 11) is -2.77. The van der Waals surface area contributed by atoms with Crippen molar-refractivity contribution >= 4 is 45.4 Å². The molecule has 0 atom stereocenters. The molecule has 0 fully saturated rings. The van der Waals surface area contributed by atoms with Gasteiger partial charge in [-0.3, -0.25) is 4.79 Å². The number of rotatable bonds is 7. The van der Waals surface area contributed by atoms with Crippen LogP contribution in [0, 0.1) is 0 Å². The Morgan fingerprint density at radius 2 is 1.77 bits per heavy atom. The highest BCUT2D eigenvalue weighted by Crippen LogP contribution is 2.37. The summed E-state index contributed by atoms with van der Waals surface area (Å²) in [5, 5.41) is 4.29. The highest BCUT2D eigenvalue weighted by atomic mass is 35.5. The lowest BCUT2D eigenvalue weighted by Crippen LogP contribution is -2.17. The molecular formula is C21H16Cl2N2O5S. The van der Waals surface area contributed by atoms with Gasteiger partial charge in [0.1, 0.15) is 4.90 Å². The van der Waals surface area contributed by atoms with Crippen LogP contribution in [0.2, 0.25) is 10.0 Å². The summed E-state index contributed by atoms with van der Waals surface area (Å²) in [6.07, 6.45) is 1.33. The van der Waals surface area contributed by atoms with Gasteiger partial charge in [0.2, 0.25) is 5.75 Å². The standard InChI is InChI=1S/C21H16Cl2N2O5S/c1-29-19-11-14(13-24-25-21(26)15-6-5-7-16(22)12-15)10-18(23)20(19)30-31(27,28)17-8-3-2-4-9-17/h2-13H,1H3,(H,25,26)/b24-13-. The fourth-order valence-electron chi connectivity index (χ4n) is 2.50. The van der Waals surface area contributed by atoms with E-state index in [-0.39, 0.29) is 21.4 Å². The molecule has 7 nitrogen and oxygen atoms in total. The van der Waals surface area contributed by atoms with Gasteiger partial charge in [-0.05, 0) is 48.0 Å². The van der Waals surface area contributed by atoms with Gasteiger partial charge in [-0.2, -0.15) is 13.5 Å². The molecule has 3 aromatic carbocycles. The molecule has 3 rings (SSSR count). The van der Waals surface area contributed by atoms with E-state index in [2.05, 4.69) is 10.5 Å². The fourth-order valence-corrected chi connectivity index (χ4v) is 3.97. The Balaban J connectivity index is 1.79. The van der Waals surface area contributed by atoms with Gasteiger partial charge in [-0.15, -0.1) is 0 Å². The van der Waals surface area contributed by atoms with E-state index in [9.17, 15) is 13.2 Å².